The van der Waals surface area contributed by atoms with Gasteiger partial charge in [0.1, 0.15) is 0 Å². The fourth-order valence-electron chi connectivity index (χ4n) is 3.35. The molecule has 3 rings (SSSR count). The van der Waals surface area contributed by atoms with Crippen LogP contribution in [0.2, 0.25) is 0 Å². The van der Waals surface area contributed by atoms with E-state index in [0.29, 0.717) is 18.0 Å². The van der Waals surface area contributed by atoms with Gasteiger partial charge in [0.25, 0.3) is 0 Å². The maximum atomic E-state index is 12.7. The lowest BCUT2D eigenvalue weighted by atomic mass is 10.0. The number of hydrogen-bond donors (Lipinski definition) is 0. The van der Waals surface area contributed by atoms with Crippen molar-refractivity contribution >= 4 is 15.7 Å². The topological polar surface area (TPSA) is 40.6 Å². The van der Waals surface area contributed by atoms with Gasteiger partial charge in [-0.2, -0.15) is 4.31 Å². The molecule has 2 aromatic carbocycles. The van der Waals surface area contributed by atoms with Gasteiger partial charge in [0.15, 0.2) is 0 Å². The Morgan fingerprint density at radius 2 is 1.58 bits per heavy atom. The van der Waals surface area contributed by atoms with E-state index in [1.54, 1.807) is 28.6 Å². The lowest BCUT2D eigenvalue weighted by molar-refractivity contribution is 0.384. The summed E-state index contributed by atoms with van der Waals surface area (Å²) in [7, 11) is -3.39. The van der Waals surface area contributed by atoms with Gasteiger partial charge in [0.05, 0.1) is 4.90 Å². The van der Waals surface area contributed by atoms with Gasteiger partial charge in [-0.1, -0.05) is 43.3 Å². The summed E-state index contributed by atoms with van der Waals surface area (Å²) in [6.45, 7) is 6.78. The zero-order valence-corrected chi connectivity index (χ0v) is 15.1. The largest absolute Gasteiger partial charge is 0.368 e. The lowest BCUT2D eigenvalue weighted by Crippen LogP contribution is -2.49. The van der Waals surface area contributed by atoms with Gasteiger partial charge >= 0.3 is 0 Å². The van der Waals surface area contributed by atoms with Crippen LogP contribution in [-0.4, -0.2) is 38.9 Å². The third kappa shape index (κ3) is 3.19. The molecule has 0 saturated carbocycles. The summed E-state index contributed by atoms with van der Waals surface area (Å²) >= 11 is 0. The Labute approximate surface area is 144 Å². The molecule has 0 aliphatic carbocycles. The van der Waals surface area contributed by atoms with Crippen LogP contribution >= 0.6 is 0 Å². The molecule has 128 valence electrons. The van der Waals surface area contributed by atoms with E-state index < -0.39 is 10.0 Å². The van der Waals surface area contributed by atoms with Crippen molar-refractivity contribution in [3.8, 4) is 0 Å². The van der Waals surface area contributed by atoms with Gasteiger partial charge in [0, 0.05) is 31.9 Å². The Bertz CT molecular complexity index is 795. The first-order valence-corrected chi connectivity index (χ1v) is 9.86. The minimum Gasteiger partial charge on any atom is -0.368 e. The standard InChI is InChI=1S/C19H24N2O2S/c1-3-17-9-7-8-16(2)19(17)20-12-14-21(15-13-20)24(22,23)18-10-5-4-6-11-18/h4-11H,3,12-15H2,1-2H3. The molecule has 0 N–H and O–H groups in total. The van der Waals surface area contributed by atoms with Gasteiger partial charge in [-0.15, -0.1) is 0 Å². The number of rotatable bonds is 4. The van der Waals surface area contributed by atoms with Crippen molar-refractivity contribution in [2.45, 2.75) is 25.2 Å². The quantitative estimate of drug-likeness (QED) is 0.856. The van der Waals surface area contributed by atoms with E-state index in [1.165, 1.54) is 16.8 Å². The summed E-state index contributed by atoms with van der Waals surface area (Å²) in [5.41, 5.74) is 3.86. The number of hydrogen-bond acceptors (Lipinski definition) is 3. The van der Waals surface area contributed by atoms with E-state index >= 15 is 0 Å². The zero-order valence-electron chi connectivity index (χ0n) is 14.3. The summed E-state index contributed by atoms with van der Waals surface area (Å²) < 4.78 is 27.1. The smallest absolute Gasteiger partial charge is 0.243 e. The van der Waals surface area contributed by atoms with Crippen molar-refractivity contribution < 1.29 is 8.42 Å². The fourth-order valence-corrected chi connectivity index (χ4v) is 4.79. The van der Waals surface area contributed by atoms with E-state index in [4.69, 9.17) is 0 Å². The minimum atomic E-state index is -3.39. The third-order valence-corrected chi connectivity index (χ3v) is 6.55. The molecule has 0 aromatic heterocycles. The molecule has 1 aliphatic rings. The molecule has 0 spiro atoms. The number of benzene rings is 2. The van der Waals surface area contributed by atoms with Gasteiger partial charge in [0.2, 0.25) is 10.0 Å². The van der Waals surface area contributed by atoms with Crippen LogP contribution in [0, 0.1) is 6.92 Å². The van der Waals surface area contributed by atoms with Crippen LogP contribution < -0.4 is 4.90 Å². The zero-order chi connectivity index (χ0) is 17.2. The molecule has 1 fully saturated rings. The lowest BCUT2D eigenvalue weighted by Gasteiger charge is -2.37. The van der Waals surface area contributed by atoms with E-state index in [-0.39, 0.29) is 0 Å². The minimum absolute atomic E-state index is 0.378. The van der Waals surface area contributed by atoms with Gasteiger partial charge in [-0.05, 0) is 36.6 Å². The number of piperazine rings is 1. The Morgan fingerprint density at radius 1 is 0.917 bits per heavy atom. The molecule has 1 saturated heterocycles. The molecule has 5 heteroatoms. The summed E-state index contributed by atoms with van der Waals surface area (Å²) in [4.78, 5) is 2.70. The van der Waals surface area contributed by atoms with E-state index in [0.717, 1.165) is 19.5 Å². The highest BCUT2D eigenvalue weighted by Crippen LogP contribution is 2.28. The Kier molecular flexibility index (Phi) is 4.92. The van der Waals surface area contributed by atoms with Crippen LogP contribution in [0.25, 0.3) is 0 Å². The molecule has 1 aliphatic heterocycles. The average molecular weight is 344 g/mol. The third-order valence-electron chi connectivity index (χ3n) is 4.64. The van der Waals surface area contributed by atoms with E-state index in [2.05, 4.69) is 36.9 Å². The van der Waals surface area contributed by atoms with Crippen molar-refractivity contribution in [3.05, 3.63) is 59.7 Å². The highest BCUT2D eigenvalue weighted by Gasteiger charge is 2.29. The maximum Gasteiger partial charge on any atom is 0.243 e. The predicted octanol–water partition coefficient (Wildman–Crippen LogP) is 3.07. The van der Waals surface area contributed by atoms with Crippen molar-refractivity contribution in [2.75, 3.05) is 31.1 Å². The number of nitrogens with zero attached hydrogens (tertiary/aromatic N) is 2. The molecule has 0 amide bonds. The highest BCUT2D eigenvalue weighted by atomic mass is 32.2. The highest BCUT2D eigenvalue weighted by molar-refractivity contribution is 7.89. The van der Waals surface area contributed by atoms with Crippen LogP contribution in [0.4, 0.5) is 5.69 Å². The van der Waals surface area contributed by atoms with Gasteiger partial charge in [-0.3, -0.25) is 0 Å². The average Bonchev–Trinajstić information content (AvgIpc) is 2.62. The van der Waals surface area contributed by atoms with Gasteiger partial charge < -0.3 is 4.90 Å². The molecule has 2 aromatic rings. The number of anilines is 1. The van der Waals surface area contributed by atoms with Gasteiger partial charge in [-0.25, -0.2) is 8.42 Å². The maximum absolute atomic E-state index is 12.7. The summed E-state index contributed by atoms with van der Waals surface area (Å²) in [5.74, 6) is 0. The molecule has 0 unspecified atom stereocenters. The Hall–Kier alpha value is -1.85. The second-order valence-corrected chi connectivity index (χ2v) is 8.08. The molecule has 0 radical (unpaired) electrons. The van der Waals surface area contributed by atoms with Crippen LogP contribution in [-0.2, 0) is 16.4 Å². The second-order valence-electron chi connectivity index (χ2n) is 6.14. The second kappa shape index (κ2) is 6.95. The van der Waals surface area contributed by atoms with E-state index in [9.17, 15) is 8.42 Å². The van der Waals surface area contributed by atoms with Crippen LogP contribution in [0.1, 0.15) is 18.1 Å². The van der Waals surface area contributed by atoms with Crippen molar-refractivity contribution in [1.82, 2.24) is 4.31 Å². The summed E-state index contributed by atoms with van der Waals surface area (Å²) in [5, 5.41) is 0. The molecular weight excluding hydrogens is 320 g/mol. The van der Waals surface area contributed by atoms with Crippen LogP contribution in [0.3, 0.4) is 0 Å². The predicted molar refractivity (Wildman–Crippen MR) is 98.0 cm³/mol. The van der Waals surface area contributed by atoms with E-state index in [1.807, 2.05) is 6.07 Å². The van der Waals surface area contributed by atoms with Crippen molar-refractivity contribution in [3.63, 3.8) is 0 Å². The Morgan fingerprint density at radius 3 is 2.21 bits per heavy atom. The SMILES string of the molecule is CCc1cccc(C)c1N1CCN(S(=O)(=O)c2ccccc2)CC1. The number of sulfonamides is 1. The first-order valence-electron chi connectivity index (χ1n) is 8.42. The Balaban J connectivity index is 1.78. The van der Waals surface area contributed by atoms with Crippen LogP contribution in [0.15, 0.2) is 53.4 Å². The molecule has 1 heterocycles. The first kappa shape index (κ1) is 17.0. The van der Waals surface area contributed by atoms with Crippen molar-refractivity contribution in [2.24, 2.45) is 0 Å². The molecule has 0 atom stereocenters. The molecule has 0 bridgehead atoms. The summed E-state index contributed by atoms with van der Waals surface area (Å²) in [6, 6.07) is 15.1. The molecule has 24 heavy (non-hydrogen) atoms. The monoisotopic (exact) mass is 344 g/mol. The normalized spacial score (nSPS) is 16.3. The molecular formula is C19H24N2O2S. The fraction of sp³-hybridized carbons (Fsp3) is 0.368. The number of aryl methyl sites for hydroxylation is 2. The molecule has 4 nitrogen and oxygen atoms in total. The van der Waals surface area contributed by atoms with Crippen LogP contribution in [0.5, 0.6) is 0 Å². The first-order chi connectivity index (χ1) is 11.5. The summed E-state index contributed by atoms with van der Waals surface area (Å²) in [6.07, 6.45) is 0.986. The van der Waals surface area contributed by atoms with Crippen molar-refractivity contribution in [1.29, 1.82) is 0 Å². The number of para-hydroxylation sites is 1.